The molecule has 0 saturated heterocycles. The number of carbonyl (C=O) groups is 1. The molecule has 6 heteroatoms. The van der Waals surface area contributed by atoms with E-state index >= 15 is 0 Å². The van der Waals surface area contributed by atoms with Crippen LogP contribution in [0.2, 0.25) is 0 Å². The topological polar surface area (TPSA) is 75.7 Å². The quantitative estimate of drug-likeness (QED) is 0.847. The first kappa shape index (κ1) is 14.7. The maximum Gasteiger partial charge on any atom is 0.310 e. The van der Waals surface area contributed by atoms with Gasteiger partial charge in [-0.2, -0.15) is 0 Å². The molecular formula is C16H20N2O4. The SMILES string of the molecule is COC(=O)Cc1cn(CCCN)c2cc3c(cc12)OCCO3. The number of nitrogens with two attached hydrogens (primary N) is 1. The van der Waals surface area contributed by atoms with Crippen molar-refractivity contribution in [2.75, 3.05) is 26.9 Å². The average Bonchev–Trinajstić information content (AvgIpc) is 2.87. The van der Waals surface area contributed by atoms with Crippen molar-refractivity contribution in [3.8, 4) is 11.5 Å². The molecule has 0 unspecified atom stereocenters. The third-order valence-electron chi connectivity index (χ3n) is 3.79. The molecule has 0 aliphatic carbocycles. The molecule has 2 aromatic rings. The zero-order valence-electron chi connectivity index (χ0n) is 12.6. The number of esters is 1. The van der Waals surface area contributed by atoms with E-state index in [1.54, 1.807) is 0 Å². The summed E-state index contributed by atoms with van der Waals surface area (Å²) >= 11 is 0. The van der Waals surface area contributed by atoms with Crippen LogP contribution in [0.1, 0.15) is 12.0 Å². The van der Waals surface area contributed by atoms with Crippen LogP contribution in [0, 0.1) is 0 Å². The number of carbonyl (C=O) groups excluding carboxylic acids is 1. The summed E-state index contributed by atoms with van der Waals surface area (Å²) in [5.74, 6) is 1.21. The Morgan fingerprint density at radius 3 is 2.73 bits per heavy atom. The molecule has 0 atom stereocenters. The number of fused-ring (bicyclic) bond motifs is 2. The fourth-order valence-electron chi connectivity index (χ4n) is 2.72. The van der Waals surface area contributed by atoms with Crippen molar-refractivity contribution < 1.29 is 19.0 Å². The molecule has 0 fully saturated rings. The molecule has 1 aromatic carbocycles. The summed E-state index contributed by atoms with van der Waals surface area (Å²) in [6, 6.07) is 3.92. The van der Waals surface area contributed by atoms with Crippen LogP contribution in [0.25, 0.3) is 10.9 Å². The lowest BCUT2D eigenvalue weighted by molar-refractivity contribution is -0.139. The zero-order valence-corrected chi connectivity index (χ0v) is 12.6. The number of hydrogen-bond acceptors (Lipinski definition) is 5. The predicted molar refractivity (Wildman–Crippen MR) is 82.3 cm³/mol. The number of methoxy groups -OCH3 is 1. The number of rotatable bonds is 5. The van der Waals surface area contributed by atoms with E-state index in [0.29, 0.717) is 19.8 Å². The summed E-state index contributed by atoms with van der Waals surface area (Å²) in [6.07, 6.45) is 3.10. The highest BCUT2D eigenvalue weighted by Gasteiger charge is 2.18. The summed E-state index contributed by atoms with van der Waals surface area (Å²) in [4.78, 5) is 11.6. The highest BCUT2D eigenvalue weighted by molar-refractivity contribution is 5.90. The Balaban J connectivity index is 2.07. The van der Waals surface area contributed by atoms with Crippen molar-refractivity contribution in [1.29, 1.82) is 0 Å². The van der Waals surface area contributed by atoms with E-state index in [-0.39, 0.29) is 12.4 Å². The van der Waals surface area contributed by atoms with E-state index < -0.39 is 0 Å². The molecule has 0 radical (unpaired) electrons. The number of aromatic nitrogens is 1. The number of ether oxygens (including phenoxy) is 3. The minimum Gasteiger partial charge on any atom is -0.486 e. The Morgan fingerprint density at radius 1 is 1.32 bits per heavy atom. The van der Waals surface area contributed by atoms with Crippen LogP contribution in [0.3, 0.4) is 0 Å². The van der Waals surface area contributed by atoms with Crippen molar-refractivity contribution in [2.45, 2.75) is 19.4 Å². The summed E-state index contributed by atoms with van der Waals surface area (Å²) in [5, 5.41) is 0.992. The number of nitrogens with zero attached hydrogens (tertiary/aromatic N) is 1. The van der Waals surface area contributed by atoms with Gasteiger partial charge in [0.1, 0.15) is 13.2 Å². The van der Waals surface area contributed by atoms with Gasteiger partial charge >= 0.3 is 5.97 Å². The molecule has 1 aliphatic heterocycles. The van der Waals surface area contributed by atoms with E-state index in [0.717, 1.165) is 40.9 Å². The van der Waals surface area contributed by atoms with Gasteiger partial charge in [-0.3, -0.25) is 4.79 Å². The van der Waals surface area contributed by atoms with E-state index in [4.69, 9.17) is 19.9 Å². The Bertz CT molecular complexity index is 693. The molecule has 0 spiro atoms. The largest absolute Gasteiger partial charge is 0.486 e. The van der Waals surface area contributed by atoms with Gasteiger partial charge in [0.15, 0.2) is 11.5 Å². The van der Waals surface area contributed by atoms with Crippen molar-refractivity contribution in [1.82, 2.24) is 4.57 Å². The van der Waals surface area contributed by atoms with E-state index in [2.05, 4.69) is 4.57 Å². The summed E-state index contributed by atoms with van der Waals surface area (Å²) in [5.41, 5.74) is 7.56. The zero-order chi connectivity index (χ0) is 15.5. The van der Waals surface area contributed by atoms with Gasteiger partial charge in [0.25, 0.3) is 0 Å². The van der Waals surface area contributed by atoms with Crippen LogP contribution >= 0.6 is 0 Å². The second-order valence-electron chi connectivity index (χ2n) is 5.26. The van der Waals surface area contributed by atoms with E-state index in [1.165, 1.54) is 7.11 Å². The maximum atomic E-state index is 11.6. The first-order valence-corrected chi connectivity index (χ1v) is 7.41. The van der Waals surface area contributed by atoms with Gasteiger partial charge < -0.3 is 24.5 Å². The first-order valence-electron chi connectivity index (χ1n) is 7.41. The first-order chi connectivity index (χ1) is 10.7. The average molecular weight is 304 g/mol. The molecule has 118 valence electrons. The van der Waals surface area contributed by atoms with Gasteiger partial charge in [0.05, 0.1) is 19.0 Å². The van der Waals surface area contributed by atoms with Crippen LogP contribution in [0.15, 0.2) is 18.3 Å². The smallest absolute Gasteiger partial charge is 0.310 e. The van der Waals surface area contributed by atoms with Gasteiger partial charge in [-0.05, 0) is 24.6 Å². The monoisotopic (exact) mass is 304 g/mol. The van der Waals surface area contributed by atoms with Crippen LogP contribution in [-0.4, -0.2) is 37.4 Å². The second-order valence-corrected chi connectivity index (χ2v) is 5.26. The van der Waals surface area contributed by atoms with Crippen molar-refractivity contribution in [2.24, 2.45) is 5.73 Å². The minimum absolute atomic E-state index is 0.238. The third-order valence-corrected chi connectivity index (χ3v) is 3.79. The lowest BCUT2D eigenvalue weighted by Gasteiger charge is -2.18. The van der Waals surface area contributed by atoms with Gasteiger partial charge in [-0.15, -0.1) is 0 Å². The minimum atomic E-state index is -0.257. The van der Waals surface area contributed by atoms with Crippen LogP contribution < -0.4 is 15.2 Å². The normalized spacial score (nSPS) is 13.4. The molecule has 0 amide bonds. The lowest BCUT2D eigenvalue weighted by atomic mass is 10.1. The molecule has 2 N–H and O–H groups in total. The fourth-order valence-corrected chi connectivity index (χ4v) is 2.72. The molecule has 1 aliphatic rings. The summed E-state index contributed by atoms with van der Waals surface area (Å²) in [7, 11) is 1.40. The van der Waals surface area contributed by atoms with E-state index in [9.17, 15) is 4.79 Å². The standard InChI is InChI=1S/C16H20N2O4/c1-20-16(19)7-11-10-18(4-2-3-17)13-9-15-14(8-12(11)13)21-5-6-22-15/h8-10H,2-7,17H2,1H3. The molecule has 3 rings (SSSR count). The summed E-state index contributed by atoms with van der Waals surface area (Å²) in [6.45, 7) is 2.51. The van der Waals surface area contributed by atoms with Gasteiger partial charge in [-0.25, -0.2) is 0 Å². The Morgan fingerprint density at radius 2 is 2.05 bits per heavy atom. The van der Waals surface area contributed by atoms with Crippen molar-refractivity contribution >= 4 is 16.9 Å². The van der Waals surface area contributed by atoms with Gasteiger partial charge in [0.2, 0.25) is 0 Å². The van der Waals surface area contributed by atoms with E-state index in [1.807, 2.05) is 18.3 Å². The Kier molecular flexibility index (Phi) is 4.20. The van der Waals surface area contributed by atoms with Gasteiger partial charge in [0, 0.05) is 24.2 Å². The highest BCUT2D eigenvalue weighted by atomic mass is 16.6. The van der Waals surface area contributed by atoms with Crippen LogP contribution in [0.5, 0.6) is 11.5 Å². The lowest BCUT2D eigenvalue weighted by Crippen LogP contribution is -2.15. The molecule has 0 saturated carbocycles. The second kappa shape index (κ2) is 6.27. The summed E-state index contributed by atoms with van der Waals surface area (Å²) < 4.78 is 18.2. The van der Waals surface area contributed by atoms with Gasteiger partial charge in [-0.1, -0.05) is 0 Å². The molecule has 22 heavy (non-hydrogen) atoms. The number of benzene rings is 1. The van der Waals surface area contributed by atoms with Crippen LogP contribution in [-0.2, 0) is 22.5 Å². The Hall–Kier alpha value is -2.21. The molecule has 1 aromatic heterocycles. The molecule has 6 nitrogen and oxygen atoms in total. The Labute approximate surface area is 128 Å². The molecular weight excluding hydrogens is 284 g/mol. The fraction of sp³-hybridized carbons (Fsp3) is 0.438. The number of aryl methyl sites for hydroxylation is 1. The molecule has 2 heterocycles. The van der Waals surface area contributed by atoms with Crippen molar-refractivity contribution in [3.05, 3.63) is 23.9 Å². The third kappa shape index (κ3) is 2.74. The number of hydrogen-bond donors (Lipinski definition) is 1. The maximum absolute atomic E-state index is 11.6. The van der Waals surface area contributed by atoms with Crippen LogP contribution in [0.4, 0.5) is 0 Å². The van der Waals surface area contributed by atoms with Crippen molar-refractivity contribution in [3.63, 3.8) is 0 Å². The molecule has 0 bridgehead atoms. The highest BCUT2D eigenvalue weighted by Crippen LogP contribution is 2.36. The predicted octanol–water partition coefficient (Wildman–Crippen LogP) is 1.48.